The molecule has 1 saturated heterocycles. The van der Waals surface area contributed by atoms with Crippen LogP contribution in [0.4, 0.5) is 0 Å². The van der Waals surface area contributed by atoms with Crippen LogP contribution in [0.5, 0.6) is 5.75 Å². The Morgan fingerprint density at radius 3 is 2.77 bits per heavy atom. The first-order chi connectivity index (χ1) is 10.7. The van der Waals surface area contributed by atoms with Gasteiger partial charge in [0.1, 0.15) is 11.9 Å². The molecule has 6 nitrogen and oxygen atoms in total. The molecule has 0 radical (unpaired) electrons. The van der Waals surface area contributed by atoms with Crippen molar-refractivity contribution in [2.75, 3.05) is 20.3 Å². The highest BCUT2D eigenvalue weighted by Gasteiger charge is 2.19. The largest absolute Gasteiger partial charge is 0.488 e. The molecule has 1 aliphatic rings. The Morgan fingerprint density at radius 2 is 2.14 bits per heavy atom. The molecule has 0 amide bonds. The molecule has 0 aliphatic carbocycles. The molecule has 0 spiro atoms. The maximum absolute atomic E-state index is 11.8. The quantitative estimate of drug-likeness (QED) is 0.809. The summed E-state index contributed by atoms with van der Waals surface area (Å²) in [6.45, 7) is 1.39. The van der Waals surface area contributed by atoms with Crippen molar-refractivity contribution in [3.05, 3.63) is 36.2 Å². The number of methoxy groups -OCH3 is 1. The Kier molecular flexibility index (Phi) is 4.11. The smallest absolute Gasteiger partial charge is 0.359 e. The normalized spacial score (nSPS) is 17.5. The summed E-state index contributed by atoms with van der Waals surface area (Å²) in [6.07, 6.45) is 2.83. The van der Waals surface area contributed by atoms with Crippen LogP contribution in [0.15, 0.2) is 30.5 Å². The van der Waals surface area contributed by atoms with Gasteiger partial charge in [0.25, 0.3) is 0 Å². The van der Waals surface area contributed by atoms with Crippen LogP contribution < -0.4 is 4.74 Å². The zero-order chi connectivity index (χ0) is 15.5. The van der Waals surface area contributed by atoms with E-state index >= 15 is 0 Å². The summed E-state index contributed by atoms with van der Waals surface area (Å²) in [4.78, 5) is 11.8. The van der Waals surface area contributed by atoms with Crippen LogP contribution in [0, 0.1) is 0 Å². The van der Waals surface area contributed by atoms with Crippen molar-refractivity contribution >= 4 is 5.97 Å². The third-order valence-electron chi connectivity index (χ3n) is 3.56. The molecule has 1 atom stereocenters. The molecule has 3 rings (SSSR count). The Balaban J connectivity index is 1.82. The average molecular weight is 302 g/mol. The molecule has 1 unspecified atom stereocenters. The van der Waals surface area contributed by atoms with Crippen molar-refractivity contribution in [1.82, 2.24) is 9.78 Å². The molecule has 2 heterocycles. The van der Waals surface area contributed by atoms with Crippen molar-refractivity contribution in [3.63, 3.8) is 0 Å². The van der Waals surface area contributed by atoms with Gasteiger partial charge in [0.2, 0.25) is 0 Å². The predicted molar refractivity (Wildman–Crippen MR) is 79.8 cm³/mol. The Labute approximate surface area is 128 Å². The van der Waals surface area contributed by atoms with Gasteiger partial charge < -0.3 is 14.2 Å². The SMILES string of the molecule is COC(=O)c1nn(C)cc1-c1ccc(OC2CCOC2)cc1. The van der Waals surface area contributed by atoms with Crippen LogP contribution >= 0.6 is 0 Å². The number of ether oxygens (including phenoxy) is 3. The number of esters is 1. The van der Waals surface area contributed by atoms with Crippen LogP contribution in [0.25, 0.3) is 11.1 Å². The highest BCUT2D eigenvalue weighted by atomic mass is 16.5. The molecule has 1 aromatic carbocycles. The van der Waals surface area contributed by atoms with E-state index in [4.69, 9.17) is 14.2 Å². The second-order valence-electron chi connectivity index (χ2n) is 5.18. The molecule has 0 saturated carbocycles. The van der Waals surface area contributed by atoms with Gasteiger partial charge in [-0.2, -0.15) is 5.10 Å². The first-order valence-electron chi connectivity index (χ1n) is 7.14. The number of benzene rings is 1. The Bertz CT molecular complexity index is 657. The highest BCUT2D eigenvalue weighted by Crippen LogP contribution is 2.26. The van der Waals surface area contributed by atoms with E-state index < -0.39 is 5.97 Å². The first-order valence-corrected chi connectivity index (χ1v) is 7.14. The Hall–Kier alpha value is -2.34. The number of hydrogen-bond donors (Lipinski definition) is 0. The van der Waals surface area contributed by atoms with Gasteiger partial charge in [-0.1, -0.05) is 12.1 Å². The predicted octanol–water partition coefficient (Wildman–Crippen LogP) is 2.04. The maximum atomic E-state index is 11.8. The third kappa shape index (κ3) is 2.96. The molecule has 22 heavy (non-hydrogen) atoms. The van der Waals surface area contributed by atoms with E-state index in [1.54, 1.807) is 17.9 Å². The van der Waals surface area contributed by atoms with Crippen molar-refractivity contribution in [3.8, 4) is 16.9 Å². The van der Waals surface area contributed by atoms with Crippen molar-refractivity contribution in [2.45, 2.75) is 12.5 Å². The summed E-state index contributed by atoms with van der Waals surface area (Å²) in [5.41, 5.74) is 1.94. The summed E-state index contributed by atoms with van der Waals surface area (Å²) in [5, 5.41) is 4.16. The minimum absolute atomic E-state index is 0.120. The highest BCUT2D eigenvalue weighted by molar-refractivity contribution is 5.95. The summed E-state index contributed by atoms with van der Waals surface area (Å²) < 4.78 is 17.5. The van der Waals surface area contributed by atoms with E-state index in [0.717, 1.165) is 29.9 Å². The topological polar surface area (TPSA) is 62.6 Å². The molecule has 1 fully saturated rings. The number of nitrogens with zero attached hydrogens (tertiary/aromatic N) is 2. The van der Waals surface area contributed by atoms with Crippen molar-refractivity contribution in [2.24, 2.45) is 7.05 Å². The van der Waals surface area contributed by atoms with Gasteiger partial charge in [-0.25, -0.2) is 4.79 Å². The number of aryl methyl sites for hydroxylation is 1. The summed E-state index contributed by atoms with van der Waals surface area (Å²) in [5.74, 6) is 0.349. The van der Waals surface area contributed by atoms with Crippen LogP contribution in [-0.4, -0.2) is 42.2 Å². The zero-order valence-electron chi connectivity index (χ0n) is 12.6. The second kappa shape index (κ2) is 6.19. The lowest BCUT2D eigenvalue weighted by molar-refractivity contribution is 0.0594. The molecular weight excluding hydrogens is 284 g/mol. The number of hydrogen-bond acceptors (Lipinski definition) is 5. The lowest BCUT2D eigenvalue weighted by Gasteiger charge is -2.12. The summed E-state index contributed by atoms with van der Waals surface area (Å²) in [7, 11) is 3.12. The van der Waals surface area contributed by atoms with E-state index in [-0.39, 0.29) is 6.10 Å². The monoisotopic (exact) mass is 302 g/mol. The minimum Gasteiger partial charge on any atom is -0.488 e. The van der Waals surface area contributed by atoms with Gasteiger partial charge in [0.15, 0.2) is 5.69 Å². The maximum Gasteiger partial charge on any atom is 0.359 e. The molecule has 0 bridgehead atoms. The summed E-state index contributed by atoms with van der Waals surface area (Å²) >= 11 is 0. The number of aromatic nitrogens is 2. The van der Waals surface area contributed by atoms with E-state index in [9.17, 15) is 4.79 Å². The number of rotatable bonds is 4. The van der Waals surface area contributed by atoms with Crippen molar-refractivity contribution in [1.29, 1.82) is 0 Å². The minimum atomic E-state index is -0.445. The number of carbonyl (C=O) groups is 1. The van der Waals surface area contributed by atoms with Crippen LogP contribution in [-0.2, 0) is 16.5 Å². The first kappa shape index (κ1) is 14.6. The molecule has 6 heteroatoms. The number of carbonyl (C=O) groups excluding carboxylic acids is 1. The van der Waals surface area contributed by atoms with E-state index in [1.807, 2.05) is 24.3 Å². The molecule has 116 valence electrons. The zero-order valence-corrected chi connectivity index (χ0v) is 12.6. The van der Waals surface area contributed by atoms with Gasteiger partial charge in [-0.15, -0.1) is 0 Å². The Morgan fingerprint density at radius 1 is 1.36 bits per heavy atom. The fraction of sp³-hybridized carbons (Fsp3) is 0.375. The molecule has 1 aromatic heterocycles. The molecule has 1 aliphatic heterocycles. The molecule has 0 N–H and O–H groups in total. The van der Waals surface area contributed by atoms with Gasteiger partial charge in [0.05, 0.1) is 20.3 Å². The molecule has 2 aromatic rings. The molecular formula is C16H18N2O4. The average Bonchev–Trinajstić information content (AvgIpc) is 3.17. The van der Waals surface area contributed by atoms with Gasteiger partial charge in [-0.05, 0) is 17.7 Å². The second-order valence-corrected chi connectivity index (χ2v) is 5.18. The van der Waals surface area contributed by atoms with E-state index in [2.05, 4.69) is 5.10 Å². The van der Waals surface area contributed by atoms with Crippen molar-refractivity contribution < 1.29 is 19.0 Å². The standard InChI is InChI=1S/C16H18N2O4/c1-18-9-14(15(17-18)16(19)20-2)11-3-5-12(6-4-11)22-13-7-8-21-10-13/h3-6,9,13H,7-8,10H2,1-2H3. The lowest BCUT2D eigenvalue weighted by atomic mass is 10.1. The fourth-order valence-electron chi connectivity index (χ4n) is 2.46. The van der Waals surface area contributed by atoms with E-state index in [1.165, 1.54) is 7.11 Å². The van der Waals surface area contributed by atoms with Gasteiger partial charge in [0, 0.05) is 25.2 Å². The van der Waals surface area contributed by atoms with Gasteiger partial charge >= 0.3 is 5.97 Å². The third-order valence-corrected chi connectivity index (χ3v) is 3.56. The summed E-state index contributed by atoms with van der Waals surface area (Å²) in [6, 6.07) is 7.60. The lowest BCUT2D eigenvalue weighted by Crippen LogP contribution is -2.15. The van der Waals surface area contributed by atoms with Gasteiger partial charge in [-0.3, -0.25) is 4.68 Å². The fourth-order valence-corrected chi connectivity index (χ4v) is 2.46. The van der Waals surface area contributed by atoms with Crippen LogP contribution in [0.2, 0.25) is 0 Å². The van der Waals surface area contributed by atoms with Crippen LogP contribution in [0.3, 0.4) is 0 Å². The van der Waals surface area contributed by atoms with E-state index in [0.29, 0.717) is 12.3 Å². The van der Waals surface area contributed by atoms with Crippen LogP contribution in [0.1, 0.15) is 16.9 Å².